The van der Waals surface area contributed by atoms with Gasteiger partial charge in [-0.3, -0.25) is 4.72 Å². The van der Waals surface area contributed by atoms with E-state index in [4.69, 9.17) is 9.15 Å². The van der Waals surface area contributed by atoms with Gasteiger partial charge < -0.3 is 9.15 Å². The van der Waals surface area contributed by atoms with Crippen molar-refractivity contribution in [2.75, 3.05) is 11.8 Å². The summed E-state index contributed by atoms with van der Waals surface area (Å²) in [6.45, 7) is 0. The van der Waals surface area contributed by atoms with Gasteiger partial charge in [0.05, 0.1) is 17.6 Å². The number of halogens is 1. The molecule has 1 aromatic heterocycles. The molecule has 0 amide bonds. The van der Waals surface area contributed by atoms with Gasteiger partial charge >= 0.3 is 0 Å². The molecule has 0 aliphatic carbocycles. The van der Waals surface area contributed by atoms with Crippen molar-refractivity contribution in [3.63, 3.8) is 0 Å². The molecule has 1 N–H and O–H groups in total. The van der Waals surface area contributed by atoms with Gasteiger partial charge in [-0.25, -0.2) is 12.8 Å². The van der Waals surface area contributed by atoms with Gasteiger partial charge in [-0.2, -0.15) is 4.98 Å². The number of benzene rings is 3. The van der Waals surface area contributed by atoms with Crippen LogP contribution in [0, 0.1) is 5.82 Å². The predicted molar refractivity (Wildman–Crippen MR) is 115 cm³/mol. The van der Waals surface area contributed by atoms with Crippen LogP contribution in [-0.2, 0) is 16.4 Å². The van der Waals surface area contributed by atoms with Crippen LogP contribution < -0.4 is 9.46 Å². The average Bonchev–Trinajstić information content (AvgIpc) is 3.15. The molecular formula is C23H19FN2O4S. The molecule has 0 bridgehead atoms. The highest BCUT2D eigenvalue weighted by atomic mass is 32.2. The molecule has 4 rings (SSSR count). The number of ether oxygens (including phenoxy) is 1. The van der Waals surface area contributed by atoms with Crippen molar-refractivity contribution in [1.82, 2.24) is 4.98 Å². The molecule has 0 spiro atoms. The summed E-state index contributed by atoms with van der Waals surface area (Å²) in [6.07, 6.45) is 0.318. The minimum Gasteiger partial charge on any atom is -0.497 e. The molecule has 0 saturated carbocycles. The maximum atomic E-state index is 14.7. The molecule has 31 heavy (non-hydrogen) atoms. The van der Waals surface area contributed by atoms with E-state index in [1.165, 1.54) is 31.4 Å². The molecule has 0 aliphatic rings. The lowest BCUT2D eigenvalue weighted by Gasteiger charge is -2.08. The van der Waals surface area contributed by atoms with Crippen molar-refractivity contribution in [1.29, 1.82) is 0 Å². The molecule has 0 fully saturated rings. The minimum atomic E-state index is -3.95. The molecule has 8 heteroatoms. The Morgan fingerprint density at radius 1 is 1.00 bits per heavy atom. The van der Waals surface area contributed by atoms with E-state index in [-0.39, 0.29) is 27.9 Å². The summed E-state index contributed by atoms with van der Waals surface area (Å²) in [7, 11) is -2.52. The number of oxazole rings is 1. The molecule has 3 aromatic carbocycles. The first-order valence-corrected chi connectivity index (χ1v) is 10.9. The largest absolute Gasteiger partial charge is 0.497 e. The average molecular weight is 438 g/mol. The first-order valence-electron chi connectivity index (χ1n) is 9.41. The third-order valence-corrected chi connectivity index (χ3v) is 5.93. The molecule has 0 unspecified atom stereocenters. The Balaban J connectivity index is 1.77. The third kappa shape index (κ3) is 4.59. The lowest BCUT2D eigenvalue weighted by atomic mass is 10.1. The van der Waals surface area contributed by atoms with E-state index >= 15 is 0 Å². The van der Waals surface area contributed by atoms with E-state index in [0.717, 1.165) is 5.56 Å². The van der Waals surface area contributed by atoms with Crippen LogP contribution in [-0.4, -0.2) is 20.5 Å². The number of hydrogen-bond donors (Lipinski definition) is 1. The van der Waals surface area contributed by atoms with Gasteiger partial charge in [-0.05, 0) is 29.8 Å². The smallest absolute Gasteiger partial charge is 0.263 e. The van der Waals surface area contributed by atoms with Crippen LogP contribution >= 0.6 is 0 Å². The van der Waals surface area contributed by atoms with Crippen LogP contribution in [0.3, 0.4) is 0 Å². The van der Waals surface area contributed by atoms with E-state index < -0.39 is 15.8 Å². The highest BCUT2D eigenvalue weighted by Gasteiger charge is 2.24. The van der Waals surface area contributed by atoms with Crippen LogP contribution in [0.2, 0.25) is 0 Å². The number of sulfonamides is 1. The second-order valence-electron chi connectivity index (χ2n) is 6.71. The van der Waals surface area contributed by atoms with E-state index in [9.17, 15) is 12.8 Å². The highest BCUT2D eigenvalue weighted by Crippen LogP contribution is 2.34. The molecule has 4 aromatic rings. The van der Waals surface area contributed by atoms with Gasteiger partial charge in [0, 0.05) is 12.5 Å². The maximum Gasteiger partial charge on any atom is 0.263 e. The Morgan fingerprint density at radius 3 is 2.32 bits per heavy atom. The molecule has 0 atom stereocenters. The number of aromatic nitrogens is 1. The van der Waals surface area contributed by atoms with Crippen LogP contribution in [0.25, 0.3) is 11.3 Å². The summed E-state index contributed by atoms with van der Waals surface area (Å²) < 4.78 is 53.7. The fourth-order valence-corrected chi connectivity index (χ4v) is 4.08. The summed E-state index contributed by atoms with van der Waals surface area (Å²) >= 11 is 0. The highest BCUT2D eigenvalue weighted by molar-refractivity contribution is 7.92. The maximum absolute atomic E-state index is 14.7. The van der Waals surface area contributed by atoms with Gasteiger partial charge in [0.2, 0.25) is 5.89 Å². The normalized spacial score (nSPS) is 11.3. The fourth-order valence-electron chi connectivity index (χ4n) is 3.06. The van der Waals surface area contributed by atoms with Crippen LogP contribution in [0.5, 0.6) is 5.75 Å². The zero-order valence-corrected chi connectivity index (χ0v) is 17.4. The van der Waals surface area contributed by atoms with Crippen molar-refractivity contribution < 1.29 is 22.0 Å². The van der Waals surface area contributed by atoms with E-state index in [2.05, 4.69) is 9.71 Å². The van der Waals surface area contributed by atoms with Crippen molar-refractivity contribution >= 4 is 15.8 Å². The Bertz CT molecular complexity index is 1290. The van der Waals surface area contributed by atoms with Gasteiger partial charge in [0.1, 0.15) is 11.6 Å². The molecule has 0 aliphatic heterocycles. The number of nitrogens with zero attached hydrogens (tertiary/aromatic N) is 1. The molecular weight excluding hydrogens is 419 g/mol. The van der Waals surface area contributed by atoms with Crippen molar-refractivity contribution in [2.24, 2.45) is 0 Å². The summed E-state index contributed by atoms with van der Waals surface area (Å²) in [6, 6.07) is 21.5. The Labute approximate surface area is 179 Å². The summed E-state index contributed by atoms with van der Waals surface area (Å²) in [5, 5.41) is 0. The SMILES string of the molecule is COc1ccc(-c2oc(Cc3ccccc3)nc2NS(=O)(=O)c2ccccc2)c(F)c1. The molecule has 6 nitrogen and oxygen atoms in total. The molecule has 158 valence electrons. The van der Waals surface area contributed by atoms with E-state index in [1.807, 2.05) is 30.3 Å². The van der Waals surface area contributed by atoms with E-state index in [1.54, 1.807) is 24.3 Å². The van der Waals surface area contributed by atoms with E-state index in [0.29, 0.717) is 12.2 Å². The van der Waals surface area contributed by atoms with Crippen molar-refractivity contribution in [2.45, 2.75) is 11.3 Å². The molecule has 0 radical (unpaired) electrons. The summed E-state index contributed by atoms with van der Waals surface area (Å²) in [5.74, 6) is -0.134. The fraction of sp³-hybridized carbons (Fsp3) is 0.0870. The van der Waals surface area contributed by atoms with Crippen LogP contribution in [0.15, 0.2) is 88.2 Å². The van der Waals surface area contributed by atoms with Gasteiger partial charge in [-0.1, -0.05) is 48.5 Å². The number of rotatable bonds is 7. The molecule has 0 saturated heterocycles. The number of anilines is 1. The topological polar surface area (TPSA) is 81.4 Å². The Morgan fingerprint density at radius 2 is 1.68 bits per heavy atom. The second kappa shape index (κ2) is 8.61. The first-order chi connectivity index (χ1) is 15.0. The monoisotopic (exact) mass is 438 g/mol. The first kappa shape index (κ1) is 20.6. The second-order valence-corrected chi connectivity index (χ2v) is 8.39. The number of nitrogens with one attached hydrogen (secondary N) is 1. The zero-order valence-electron chi connectivity index (χ0n) is 16.6. The van der Waals surface area contributed by atoms with Gasteiger partial charge in [0.25, 0.3) is 10.0 Å². The van der Waals surface area contributed by atoms with Crippen LogP contribution in [0.4, 0.5) is 10.2 Å². The molecule has 1 heterocycles. The summed E-state index contributed by atoms with van der Waals surface area (Å²) in [5.41, 5.74) is 0.987. The zero-order chi connectivity index (χ0) is 21.8. The van der Waals surface area contributed by atoms with Gasteiger partial charge in [-0.15, -0.1) is 0 Å². The van der Waals surface area contributed by atoms with Gasteiger partial charge in [0.15, 0.2) is 11.6 Å². The Kier molecular flexibility index (Phi) is 5.73. The lowest BCUT2D eigenvalue weighted by molar-refractivity contribution is 0.411. The predicted octanol–water partition coefficient (Wildman–Crippen LogP) is 4.88. The quantitative estimate of drug-likeness (QED) is 0.445. The minimum absolute atomic E-state index is 0.00871. The summed E-state index contributed by atoms with van der Waals surface area (Å²) in [4.78, 5) is 4.38. The Hall–Kier alpha value is -3.65. The lowest BCUT2D eigenvalue weighted by Crippen LogP contribution is -2.13. The van der Waals surface area contributed by atoms with Crippen LogP contribution in [0.1, 0.15) is 11.5 Å². The number of methoxy groups -OCH3 is 1. The standard InChI is InChI=1S/C23H19FN2O4S/c1-29-17-12-13-19(20(24)15-17)22-23(26-31(27,28)18-10-6-3-7-11-18)25-21(30-22)14-16-8-4-2-5-9-16/h2-13,15,26H,14H2,1H3. The van der Waals surface area contributed by atoms with Crippen molar-refractivity contribution in [3.05, 3.63) is 96.1 Å². The third-order valence-electron chi connectivity index (χ3n) is 4.58. The number of hydrogen-bond acceptors (Lipinski definition) is 5. The van der Waals surface area contributed by atoms with Crippen molar-refractivity contribution in [3.8, 4) is 17.1 Å².